The molecule has 38 heavy (non-hydrogen) atoms. The molecule has 2 amide bonds. The van der Waals surface area contributed by atoms with Gasteiger partial charge in [0.05, 0.1) is 39.6 Å². The van der Waals surface area contributed by atoms with Crippen LogP contribution >= 0.6 is 15.9 Å². The number of aromatic nitrogens is 7. The first kappa shape index (κ1) is 26.4. The predicted octanol–water partition coefficient (Wildman–Crippen LogP) is 2.88. The summed E-state index contributed by atoms with van der Waals surface area (Å²) >= 11 is 3.33. The topological polar surface area (TPSA) is 156 Å². The molecule has 0 aliphatic carbocycles. The lowest BCUT2D eigenvalue weighted by molar-refractivity contribution is -0.147. The molecule has 0 saturated heterocycles. The summed E-state index contributed by atoms with van der Waals surface area (Å²) < 4.78 is 41.9. The van der Waals surface area contributed by atoms with Crippen LogP contribution in [0, 0.1) is 18.3 Å². The van der Waals surface area contributed by atoms with E-state index in [0.29, 0.717) is 14.7 Å². The Labute approximate surface area is 220 Å². The number of benzene rings is 1. The number of carbonyl (C=O) groups is 2. The molecule has 1 aromatic carbocycles. The van der Waals surface area contributed by atoms with E-state index >= 15 is 0 Å². The summed E-state index contributed by atoms with van der Waals surface area (Å²) in [5, 5.41) is 28.2. The van der Waals surface area contributed by atoms with Crippen molar-refractivity contribution in [3.63, 3.8) is 0 Å². The van der Waals surface area contributed by atoms with Gasteiger partial charge in [-0.15, -0.1) is 5.10 Å². The zero-order valence-corrected chi connectivity index (χ0v) is 21.2. The molecule has 4 aromatic rings. The third-order valence-electron chi connectivity index (χ3n) is 5.20. The second-order valence-electron chi connectivity index (χ2n) is 7.76. The molecule has 0 spiro atoms. The Hall–Kier alpha value is -4.65. The predicted molar refractivity (Wildman–Crippen MR) is 128 cm³/mol. The first-order chi connectivity index (χ1) is 18.0. The molecule has 3 heterocycles. The van der Waals surface area contributed by atoms with E-state index in [1.807, 2.05) is 6.07 Å². The maximum atomic E-state index is 13.5. The van der Waals surface area contributed by atoms with Gasteiger partial charge >= 0.3 is 6.18 Å². The van der Waals surface area contributed by atoms with Gasteiger partial charge in [0.15, 0.2) is 5.82 Å². The average Bonchev–Trinajstić information content (AvgIpc) is 3.52. The van der Waals surface area contributed by atoms with E-state index in [1.165, 1.54) is 31.4 Å². The zero-order valence-electron chi connectivity index (χ0n) is 19.6. The van der Waals surface area contributed by atoms with Crippen LogP contribution in [0.1, 0.15) is 43.5 Å². The van der Waals surface area contributed by atoms with Crippen molar-refractivity contribution < 1.29 is 22.8 Å². The summed E-state index contributed by atoms with van der Waals surface area (Å²) in [6.07, 6.45) is -3.36. The van der Waals surface area contributed by atoms with Crippen molar-refractivity contribution in [3.05, 3.63) is 74.9 Å². The number of aryl methyl sites for hydroxylation is 1. The van der Waals surface area contributed by atoms with Gasteiger partial charge in [-0.25, -0.2) is 14.3 Å². The number of nitrogens with zero attached hydrogens (tertiary/aromatic N) is 8. The average molecular weight is 589 g/mol. The van der Waals surface area contributed by atoms with Gasteiger partial charge in [-0.3, -0.25) is 9.59 Å². The van der Waals surface area contributed by atoms with E-state index in [0.717, 1.165) is 4.68 Å². The highest BCUT2D eigenvalue weighted by Gasteiger charge is 2.38. The number of carbonyl (C=O) groups excluding carboxylic acids is 2. The zero-order chi connectivity index (χ0) is 27.6. The second kappa shape index (κ2) is 10.4. The minimum Gasteiger partial charge on any atom is -0.355 e. The summed E-state index contributed by atoms with van der Waals surface area (Å²) in [4.78, 5) is 30.2. The molecule has 0 radical (unpaired) electrons. The summed E-state index contributed by atoms with van der Waals surface area (Å²) in [7, 11) is 1.40. The number of amides is 2. The molecule has 12 nitrogen and oxygen atoms in total. The van der Waals surface area contributed by atoms with Crippen LogP contribution in [0.3, 0.4) is 0 Å². The molecule has 4 rings (SSSR count). The molecule has 0 unspecified atom stereocenters. The number of halogens is 4. The fraction of sp³-hybridized carbons (Fsp3) is 0.182. The maximum Gasteiger partial charge on any atom is 0.453 e. The highest BCUT2D eigenvalue weighted by Crippen LogP contribution is 2.28. The summed E-state index contributed by atoms with van der Waals surface area (Å²) in [6.45, 7) is 1.11. The number of anilines is 1. The Morgan fingerprint density at radius 2 is 1.97 bits per heavy atom. The van der Waals surface area contributed by atoms with E-state index in [9.17, 15) is 28.0 Å². The van der Waals surface area contributed by atoms with Crippen molar-refractivity contribution in [1.29, 1.82) is 5.26 Å². The van der Waals surface area contributed by atoms with Gasteiger partial charge in [-0.05, 0) is 69.2 Å². The molecular formula is C22H16BrF3N10O2. The quantitative estimate of drug-likeness (QED) is 0.348. The van der Waals surface area contributed by atoms with Gasteiger partial charge in [-0.1, -0.05) is 0 Å². The summed E-state index contributed by atoms with van der Waals surface area (Å²) in [6, 6.07) is 9.31. The van der Waals surface area contributed by atoms with Crippen molar-refractivity contribution in [1.82, 2.24) is 40.3 Å². The van der Waals surface area contributed by atoms with Crippen LogP contribution in [0.5, 0.6) is 0 Å². The van der Waals surface area contributed by atoms with Gasteiger partial charge in [0.2, 0.25) is 0 Å². The lowest BCUT2D eigenvalue weighted by Crippen LogP contribution is -2.24. The van der Waals surface area contributed by atoms with Crippen LogP contribution in [0.15, 0.2) is 41.0 Å². The van der Waals surface area contributed by atoms with Crippen molar-refractivity contribution in [2.45, 2.75) is 19.6 Å². The van der Waals surface area contributed by atoms with E-state index in [2.05, 4.69) is 52.2 Å². The number of alkyl halides is 3. The van der Waals surface area contributed by atoms with Crippen LogP contribution in [0.2, 0.25) is 0 Å². The van der Waals surface area contributed by atoms with Gasteiger partial charge in [0, 0.05) is 13.2 Å². The molecular weight excluding hydrogens is 573 g/mol. The van der Waals surface area contributed by atoms with Gasteiger partial charge in [0.1, 0.15) is 5.69 Å². The number of rotatable bonds is 6. The molecule has 0 aliphatic heterocycles. The van der Waals surface area contributed by atoms with Crippen molar-refractivity contribution in [3.8, 4) is 11.9 Å². The third-order valence-corrected chi connectivity index (χ3v) is 5.82. The molecule has 0 saturated carbocycles. The van der Waals surface area contributed by atoms with Gasteiger partial charge in [0.25, 0.3) is 17.6 Å². The van der Waals surface area contributed by atoms with E-state index in [-0.39, 0.29) is 34.0 Å². The Kier molecular flexibility index (Phi) is 7.21. The maximum absolute atomic E-state index is 13.5. The van der Waals surface area contributed by atoms with Crippen LogP contribution < -0.4 is 10.6 Å². The molecule has 2 N–H and O–H groups in total. The van der Waals surface area contributed by atoms with E-state index < -0.39 is 30.4 Å². The Morgan fingerprint density at radius 3 is 2.63 bits per heavy atom. The van der Waals surface area contributed by atoms with Crippen molar-refractivity contribution in [2.75, 3.05) is 12.4 Å². The number of tetrazole rings is 1. The smallest absolute Gasteiger partial charge is 0.355 e. The fourth-order valence-electron chi connectivity index (χ4n) is 3.54. The highest BCUT2D eigenvalue weighted by atomic mass is 79.9. The number of nitrogens with one attached hydrogen (secondary N) is 2. The minimum absolute atomic E-state index is 0.0218. The standard InChI is InChI=1S/C22H16BrF3N10O2/c1-11-6-12(9-27)7-14(19(37)28-2)17(11)30-20(38)16-8-13(10-35-21(22(24,25)26)31-33-34-35)32-36(16)18-15(23)4-3-5-29-18/h3-8H,10H2,1-2H3,(H,28,37)(H,30,38). The summed E-state index contributed by atoms with van der Waals surface area (Å²) in [5.74, 6) is -2.44. The monoisotopic (exact) mass is 588 g/mol. The van der Waals surface area contributed by atoms with E-state index in [1.54, 1.807) is 19.1 Å². The molecule has 0 atom stereocenters. The largest absolute Gasteiger partial charge is 0.453 e. The molecule has 0 aliphatic rings. The highest BCUT2D eigenvalue weighted by molar-refractivity contribution is 9.10. The first-order valence-electron chi connectivity index (χ1n) is 10.6. The summed E-state index contributed by atoms with van der Waals surface area (Å²) in [5.41, 5.74) is 0.755. The Morgan fingerprint density at radius 1 is 1.21 bits per heavy atom. The number of nitriles is 1. The number of hydrogen-bond donors (Lipinski definition) is 2. The SMILES string of the molecule is CNC(=O)c1cc(C#N)cc(C)c1NC(=O)c1cc(Cn2nnnc2C(F)(F)F)nn1-c1ncccc1Br. The Balaban J connectivity index is 1.79. The molecule has 0 fully saturated rings. The lowest BCUT2D eigenvalue weighted by atomic mass is 10.0. The normalized spacial score (nSPS) is 11.2. The number of pyridine rings is 1. The van der Waals surface area contributed by atoms with Crippen LogP contribution in [-0.2, 0) is 12.7 Å². The van der Waals surface area contributed by atoms with Crippen molar-refractivity contribution in [2.24, 2.45) is 0 Å². The van der Waals surface area contributed by atoms with Crippen LogP contribution in [0.25, 0.3) is 5.82 Å². The van der Waals surface area contributed by atoms with Gasteiger partial charge < -0.3 is 10.6 Å². The molecule has 3 aromatic heterocycles. The van der Waals surface area contributed by atoms with Crippen molar-refractivity contribution >= 4 is 33.4 Å². The van der Waals surface area contributed by atoms with Crippen LogP contribution in [-0.4, -0.2) is 53.8 Å². The molecule has 16 heteroatoms. The second-order valence-corrected chi connectivity index (χ2v) is 8.61. The fourth-order valence-corrected chi connectivity index (χ4v) is 3.96. The molecule has 0 bridgehead atoms. The Bertz CT molecular complexity index is 1590. The van der Waals surface area contributed by atoms with Gasteiger partial charge in [-0.2, -0.15) is 23.5 Å². The van der Waals surface area contributed by atoms with Crippen LogP contribution in [0.4, 0.5) is 18.9 Å². The lowest BCUT2D eigenvalue weighted by Gasteiger charge is -2.14. The first-order valence-corrected chi connectivity index (χ1v) is 11.4. The minimum atomic E-state index is -4.81. The molecule has 194 valence electrons. The third kappa shape index (κ3) is 5.22. The number of hydrogen-bond acceptors (Lipinski definition) is 8. The van der Waals surface area contributed by atoms with E-state index in [4.69, 9.17) is 0 Å².